The summed E-state index contributed by atoms with van der Waals surface area (Å²) in [5.74, 6) is 1.36. The molecule has 1 saturated heterocycles. The summed E-state index contributed by atoms with van der Waals surface area (Å²) in [5, 5.41) is 11.2. The summed E-state index contributed by atoms with van der Waals surface area (Å²) in [7, 11) is 0. The largest absolute Gasteiger partial charge is 0.493 e. The fraction of sp³-hybridized carbons (Fsp3) is 0.368. The van der Waals surface area contributed by atoms with Crippen molar-refractivity contribution in [2.24, 2.45) is 5.92 Å². The normalized spacial score (nSPS) is 18.2. The first kappa shape index (κ1) is 16.5. The predicted octanol–water partition coefficient (Wildman–Crippen LogP) is 3.89. The molecule has 24 heavy (non-hydrogen) atoms. The maximum absolute atomic E-state index is 11.2. The number of nitrogens with zero attached hydrogens (tertiary/aromatic N) is 2. The Morgan fingerprint density at radius 1 is 1.12 bits per heavy atom. The summed E-state index contributed by atoms with van der Waals surface area (Å²) in [5.41, 5.74) is 0.993. The van der Waals surface area contributed by atoms with Crippen LogP contribution in [0.25, 0.3) is 0 Å². The maximum atomic E-state index is 11.2. The van der Waals surface area contributed by atoms with Crippen LogP contribution in [-0.2, 0) is 6.54 Å². The lowest BCUT2D eigenvalue weighted by molar-refractivity contribution is -0.385. The molecule has 1 heterocycles. The summed E-state index contributed by atoms with van der Waals surface area (Å²) < 4.78 is 5.87. The van der Waals surface area contributed by atoms with Gasteiger partial charge in [-0.1, -0.05) is 36.4 Å². The lowest BCUT2D eigenvalue weighted by Crippen LogP contribution is -2.37. The zero-order chi connectivity index (χ0) is 16.8. The average molecular weight is 326 g/mol. The Labute approximate surface area is 142 Å². The molecule has 5 heteroatoms. The average Bonchev–Trinajstić information content (AvgIpc) is 2.61. The van der Waals surface area contributed by atoms with Gasteiger partial charge in [-0.15, -0.1) is 0 Å². The highest BCUT2D eigenvalue weighted by atomic mass is 16.6. The van der Waals surface area contributed by atoms with Crippen LogP contribution in [0.1, 0.15) is 18.4 Å². The molecule has 0 aliphatic carbocycles. The van der Waals surface area contributed by atoms with Crippen molar-refractivity contribution in [3.63, 3.8) is 0 Å². The Hall–Kier alpha value is -2.40. The number of piperidine rings is 1. The van der Waals surface area contributed by atoms with Gasteiger partial charge in [0.1, 0.15) is 5.75 Å². The SMILES string of the molecule is O=[N+]([O-])c1ccccc1CN1CCCC(COc2ccccc2)C1. The summed E-state index contributed by atoms with van der Waals surface area (Å²) in [6, 6.07) is 16.9. The second-order valence-corrected chi connectivity index (χ2v) is 6.25. The molecule has 0 aromatic heterocycles. The van der Waals surface area contributed by atoms with Gasteiger partial charge < -0.3 is 4.74 Å². The first-order valence-electron chi connectivity index (χ1n) is 8.35. The van der Waals surface area contributed by atoms with Crippen LogP contribution in [0.15, 0.2) is 54.6 Å². The molecule has 1 aliphatic rings. The highest BCUT2D eigenvalue weighted by Crippen LogP contribution is 2.24. The van der Waals surface area contributed by atoms with E-state index in [1.54, 1.807) is 12.1 Å². The molecule has 0 amide bonds. The van der Waals surface area contributed by atoms with Gasteiger partial charge in [-0.2, -0.15) is 0 Å². The van der Waals surface area contributed by atoms with Gasteiger partial charge in [-0.05, 0) is 31.5 Å². The van der Waals surface area contributed by atoms with E-state index in [4.69, 9.17) is 4.74 Å². The monoisotopic (exact) mass is 326 g/mol. The second kappa shape index (κ2) is 7.93. The third-order valence-electron chi connectivity index (χ3n) is 4.41. The van der Waals surface area contributed by atoms with E-state index in [0.717, 1.165) is 37.2 Å². The first-order valence-corrected chi connectivity index (χ1v) is 8.35. The van der Waals surface area contributed by atoms with Crippen LogP contribution >= 0.6 is 0 Å². The molecule has 0 bridgehead atoms. The number of hydrogen-bond donors (Lipinski definition) is 0. The van der Waals surface area contributed by atoms with Gasteiger partial charge in [0, 0.05) is 30.6 Å². The second-order valence-electron chi connectivity index (χ2n) is 6.25. The molecular weight excluding hydrogens is 304 g/mol. The van der Waals surface area contributed by atoms with Crippen molar-refractivity contribution in [2.45, 2.75) is 19.4 Å². The fourth-order valence-corrected chi connectivity index (χ4v) is 3.23. The summed E-state index contributed by atoms with van der Waals surface area (Å²) in [4.78, 5) is 13.2. The van der Waals surface area contributed by atoms with E-state index < -0.39 is 0 Å². The molecule has 126 valence electrons. The molecule has 1 unspecified atom stereocenters. The molecule has 0 spiro atoms. The number of nitro benzene ring substituents is 1. The number of benzene rings is 2. The Bertz CT molecular complexity index is 675. The van der Waals surface area contributed by atoms with E-state index in [-0.39, 0.29) is 10.6 Å². The van der Waals surface area contributed by atoms with E-state index in [1.807, 2.05) is 42.5 Å². The van der Waals surface area contributed by atoms with Gasteiger partial charge in [0.05, 0.1) is 11.5 Å². The van der Waals surface area contributed by atoms with Crippen LogP contribution in [-0.4, -0.2) is 29.5 Å². The molecule has 0 saturated carbocycles. The topological polar surface area (TPSA) is 55.6 Å². The van der Waals surface area contributed by atoms with Crippen molar-refractivity contribution in [3.8, 4) is 5.75 Å². The smallest absolute Gasteiger partial charge is 0.273 e. The van der Waals surface area contributed by atoms with Gasteiger partial charge >= 0.3 is 0 Å². The number of para-hydroxylation sites is 2. The quantitative estimate of drug-likeness (QED) is 0.597. The van der Waals surface area contributed by atoms with Crippen LogP contribution in [0.4, 0.5) is 5.69 Å². The Balaban J connectivity index is 1.57. The zero-order valence-corrected chi connectivity index (χ0v) is 13.6. The lowest BCUT2D eigenvalue weighted by atomic mass is 9.98. The molecule has 2 aromatic carbocycles. The Morgan fingerprint density at radius 3 is 2.67 bits per heavy atom. The maximum Gasteiger partial charge on any atom is 0.273 e. The van der Waals surface area contributed by atoms with Crippen molar-refractivity contribution in [1.29, 1.82) is 0 Å². The number of ether oxygens (including phenoxy) is 1. The zero-order valence-electron chi connectivity index (χ0n) is 13.6. The highest BCUT2D eigenvalue weighted by molar-refractivity contribution is 5.39. The number of nitro groups is 1. The highest BCUT2D eigenvalue weighted by Gasteiger charge is 2.23. The van der Waals surface area contributed by atoms with E-state index >= 15 is 0 Å². The minimum Gasteiger partial charge on any atom is -0.493 e. The third kappa shape index (κ3) is 4.32. The van der Waals surface area contributed by atoms with Gasteiger partial charge in [-0.25, -0.2) is 0 Å². The van der Waals surface area contributed by atoms with E-state index in [1.165, 1.54) is 0 Å². The Kier molecular flexibility index (Phi) is 5.43. The number of rotatable bonds is 6. The molecule has 0 radical (unpaired) electrons. The molecule has 2 aromatic rings. The predicted molar refractivity (Wildman–Crippen MR) is 93.0 cm³/mol. The lowest BCUT2D eigenvalue weighted by Gasteiger charge is -2.32. The van der Waals surface area contributed by atoms with Crippen molar-refractivity contribution in [1.82, 2.24) is 4.90 Å². The molecule has 0 N–H and O–H groups in total. The van der Waals surface area contributed by atoms with Crippen LogP contribution < -0.4 is 4.74 Å². The van der Waals surface area contributed by atoms with E-state index in [9.17, 15) is 10.1 Å². The molecule has 1 aliphatic heterocycles. The number of likely N-dealkylation sites (tertiary alicyclic amines) is 1. The molecule has 1 fully saturated rings. The van der Waals surface area contributed by atoms with Gasteiger partial charge in [0.25, 0.3) is 5.69 Å². The van der Waals surface area contributed by atoms with Gasteiger partial charge in [-0.3, -0.25) is 15.0 Å². The minimum atomic E-state index is -0.296. The van der Waals surface area contributed by atoms with Crippen LogP contribution in [0.5, 0.6) is 5.75 Å². The van der Waals surface area contributed by atoms with E-state index in [2.05, 4.69) is 4.90 Å². The summed E-state index contributed by atoms with van der Waals surface area (Å²) in [6.45, 7) is 3.21. The van der Waals surface area contributed by atoms with E-state index in [0.29, 0.717) is 19.1 Å². The van der Waals surface area contributed by atoms with Crippen LogP contribution in [0.3, 0.4) is 0 Å². The van der Waals surface area contributed by atoms with Crippen molar-refractivity contribution in [2.75, 3.05) is 19.7 Å². The van der Waals surface area contributed by atoms with Gasteiger partial charge in [0.15, 0.2) is 0 Å². The Morgan fingerprint density at radius 2 is 1.88 bits per heavy atom. The van der Waals surface area contributed by atoms with Crippen LogP contribution in [0, 0.1) is 16.0 Å². The van der Waals surface area contributed by atoms with Crippen molar-refractivity contribution < 1.29 is 9.66 Å². The number of hydrogen-bond acceptors (Lipinski definition) is 4. The van der Waals surface area contributed by atoms with Crippen LogP contribution in [0.2, 0.25) is 0 Å². The molecule has 1 atom stereocenters. The third-order valence-corrected chi connectivity index (χ3v) is 4.41. The summed E-state index contributed by atoms with van der Waals surface area (Å²) >= 11 is 0. The van der Waals surface area contributed by atoms with Gasteiger partial charge in [0.2, 0.25) is 0 Å². The molecular formula is C19H22N2O3. The summed E-state index contributed by atoms with van der Waals surface area (Å²) in [6.07, 6.45) is 2.24. The molecule has 5 nitrogen and oxygen atoms in total. The molecule has 3 rings (SSSR count). The van der Waals surface area contributed by atoms with Crippen molar-refractivity contribution in [3.05, 3.63) is 70.3 Å². The standard InChI is InChI=1S/C19H22N2O3/c22-21(23)19-11-5-4-8-17(19)14-20-12-6-7-16(13-20)15-24-18-9-2-1-3-10-18/h1-5,8-11,16H,6-7,12-15H2. The van der Waals surface area contributed by atoms with Crippen molar-refractivity contribution >= 4 is 5.69 Å². The minimum absolute atomic E-state index is 0.208. The fourth-order valence-electron chi connectivity index (χ4n) is 3.23. The first-order chi connectivity index (χ1) is 11.7.